The van der Waals surface area contributed by atoms with E-state index in [1.54, 1.807) is 12.1 Å². The van der Waals surface area contributed by atoms with Crippen molar-refractivity contribution < 1.29 is 8.78 Å². The Kier molecular flexibility index (Phi) is 9.51. The molecule has 32 heavy (non-hydrogen) atoms. The van der Waals surface area contributed by atoms with Crippen LogP contribution in [0.1, 0.15) is 34.7 Å². The first-order chi connectivity index (χ1) is 15.4. The van der Waals surface area contributed by atoms with Gasteiger partial charge < -0.3 is 16.5 Å². The van der Waals surface area contributed by atoms with Gasteiger partial charge >= 0.3 is 0 Å². The van der Waals surface area contributed by atoms with Gasteiger partial charge in [-0.25, -0.2) is 8.78 Å². The van der Waals surface area contributed by atoms with Crippen LogP contribution in [-0.4, -0.2) is 12.8 Å². The molecular weight excluding hydrogens is 404 g/mol. The van der Waals surface area contributed by atoms with Gasteiger partial charge in [-0.05, 0) is 60.5 Å². The third kappa shape index (κ3) is 6.72. The first-order valence-corrected chi connectivity index (χ1v) is 10.4. The molecule has 0 aliphatic heterocycles. The summed E-state index contributed by atoms with van der Waals surface area (Å²) in [6.07, 6.45) is 5.33. The maximum Gasteiger partial charge on any atom is 0.133 e. The molecule has 4 N–H and O–H groups in total. The fourth-order valence-corrected chi connectivity index (χ4v) is 3.27. The molecule has 3 rings (SSSR count). The van der Waals surface area contributed by atoms with E-state index in [4.69, 9.17) is 11.1 Å². The van der Waals surface area contributed by atoms with E-state index in [0.717, 1.165) is 23.7 Å². The van der Waals surface area contributed by atoms with Crippen LogP contribution in [-0.2, 0) is 13.0 Å². The topological polar surface area (TPSA) is 61.9 Å². The number of halogens is 2. The molecule has 0 unspecified atom stereocenters. The maximum atomic E-state index is 13.6. The summed E-state index contributed by atoms with van der Waals surface area (Å²) >= 11 is 0. The molecule has 3 aromatic carbocycles. The van der Waals surface area contributed by atoms with Crippen molar-refractivity contribution >= 4 is 23.6 Å². The average Bonchev–Trinajstić information content (AvgIpc) is 2.79. The van der Waals surface area contributed by atoms with Crippen molar-refractivity contribution in [2.45, 2.75) is 19.9 Å². The Balaban J connectivity index is 0.000000336. The predicted molar refractivity (Wildman–Crippen MR) is 132 cm³/mol. The molecular formula is C27H29F2N3. The predicted octanol–water partition coefficient (Wildman–Crippen LogP) is 6.24. The summed E-state index contributed by atoms with van der Waals surface area (Å²) in [6.45, 7) is 6.70. The van der Waals surface area contributed by atoms with Gasteiger partial charge in [-0.1, -0.05) is 56.0 Å². The number of anilines is 1. The van der Waals surface area contributed by atoms with E-state index in [2.05, 4.69) is 24.0 Å². The lowest BCUT2D eigenvalue weighted by Gasteiger charge is -2.13. The lowest BCUT2D eigenvalue weighted by Crippen LogP contribution is -2.07. The lowest BCUT2D eigenvalue weighted by atomic mass is 9.93. The van der Waals surface area contributed by atoms with Crippen molar-refractivity contribution in [1.82, 2.24) is 5.32 Å². The SMILES string of the molecule is C=Cc1ccc(N)c(C(=N)/C=C/c2ccc(F)cc2F)c1CC.CNCc1ccccc1. The molecule has 0 bridgehead atoms. The van der Waals surface area contributed by atoms with Crippen molar-refractivity contribution in [2.24, 2.45) is 0 Å². The highest BCUT2D eigenvalue weighted by atomic mass is 19.1. The third-order valence-electron chi connectivity index (χ3n) is 4.84. The first kappa shape index (κ1) is 24.7. The van der Waals surface area contributed by atoms with Gasteiger partial charge in [-0.15, -0.1) is 0 Å². The molecule has 5 heteroatoms. The van der Waals surface area contributed by atoms with Gasteiger partial charge in [-0.3, -0.25) is 0 Å². The molecule has 0 saturated heterocycles. The normalized spacial score (nSPS) is 10.5. The van der Waals surface area contributed by atoms with Crippen LogP contribution in [0, 0.1) is 17.0 Å². The van der Waals surface area contributed by atoms with E-state index in [1.807, 2.05) is 38.2 Å². The van der Waals surface area contributed by atoms with Crippen LogP contribution >= 0.6 is 0 Å². The van der Waals surface area contributed by atoms with Crippen LogP contribution in [0.25, 0.3) is 12.2 Å². The Morgan fingerprint density at radius 3 is 2.34 bits per heavy atom. The van der Waals surface area contributed by atoms with Gasteiger partial charge in [-0.2, -0.15) is 0 Å². The van der Waals surface area contributed by atoms with Crippen molar-refractivity contribution in [3.05, 3.63) is 113 Å². The van der Waals surface area contributed by atoms with Crippen molar-refractivity contribution in [3.8, 4) is 0 Å². The molecule has 0 atom stereocenters. The van der Waals surface area contributed by atoms with Crippen LogP contribution in [0.5, 0.6) is 0 Å². The molecule has 0 fully saturated rings. The highest BCUT2D eigenvalue weighted by molar-refractivity contribution is 6.13. The van der Waals surface area contributed by atoms with Gasteiger partial charge in [0.15, 0.2) is 0 Å². The summed E-state index contributed by atoms with van der Waals surface area (Å²) in [5.41, 5.74) is 10.7. The van der Waals surface area contributed by atoms with Gasteiger partial charge in [0.05, 0.1) is 5.71 Å². The van der Waals surface area contributed by atoms with Gasteiger partial charge in [0, 0.05) is 29.4 Å². The summed E-state index contributed by atoms with van der Waals surface area (Å²) < 4.78 is 26.6. The van der Waals surface area contributed by atoms with Crippen LogP contribution in [0.15, 0.2) is 73.3 Å². The van der Waals surface area contributed by atoms with Crippen LogP contribution in [0.3, 0.4) is 0 Å². The summed E-state index contributed by atoms with van der Waals surface area (Å²) in [4.78, 5) is 0. The zero-order valence-corrected chi connectivity index (χ0v) is 18.5. The quantitative estimate of drug-likeness (QED) is 0.305. The van der Waals surface area contributed by atoms with E-state index in [9.17, 15) is 8.78 Å². The van der Waals surface area contributed by atoms with Crippen LogP contribution < -0.4 is 11.1 Å². The van der Waals surface area contributed by atoms with E-state index in [-0.39, 0.29) is 11.3 Å². The second-order valence-corrected chi connectivity index (χ2v) is 7.08. The van der Waals surface area contributed by atoms with E-state index < -0.39 is 11.6 Å². The smallest absolute Gasteiger partial charge is 0.133 e. The molecule has 3 aromatic rings. The molecule has 3 nitrogen and oxygen atoms in total. The molecule has 0 radical (unpaired) electrons. The van der Waals surface area contributed by atoms with Gasteiger partial charge in [0.1, 0.15) is 11.6 Å². The Bertz CT molecular complexity index is 1090. The summed E-state index contributed by atoms with van der Waals surface area (Å²) in [7, 11) is 1.95. The highest BCUT2D eigenvalue weighted by Crippen LogP contribution is 2.24. The number of benzene rings is 3. The molecule has 0 aromatic heterocycles. The maximum absolute atomic E-state index is 13.6. The minimum Gasteiger partial charge on any atom is -0.398 e. The molecule has 0 aliphatic carbocycles. The molecule has 166 valence electrons. The second kappa shape index (κ2) is 12.3. The summed E-state index contributed by atoms with van der Waals surface area (Å²) in [5, 5.41) is 11.3. The van der Waals surface area contributed by atoms with E-state index >= 15 is 0 Å². The number of hydrogen-bond donors (Lipinski definition) is 3. The highest BCUT2D eigenvalue weighted by Gasteiger charge is 2.12. The Hall–Kier alpha value is -3.57. The second-order valence-electron chi connectivity index (χ2n) is 7.08. The number of nitrogens with two attached hydrogens (primary N) is 1. The zero-order chi connectivity index (χ0) is 23.5. The fourth-order valence-electron chi connectivity index (χ4n) is 3.27. The number of rotatable bonds is 7. The Labute approximate surface area is 188 Å². The molecule has 0 spiro atoms. The largest absolute Gasteiger partial charge is 0.398 e. The van der Waals surface area contributed by atoms with Gasteiger partial charge in [0.25, 0.3) is 0 Å². The van der Waals surface area contributed by atoms with Crippen LogP contribution in [0.2, 0.25) is 0 Å². The Morgan fingerprint density at radius 2 is 1.75 bits per heavy atom. The third-order valence-corrected chi connectivity index (χ3v) is 4.84. The van der Waals surface area contributed by atoms with E-state index in [0.29, 0.717) is 17.7 Å². The zero-order valence-electron chi connectivity index (χ0n) is 18.5. The summed E-state index contributed by atoms with van der Waals surface area (Å²) in [5.74, 6) is -1.30. The number of nitrogen functional groups attached to an aromatic ring is 1. The number of allylic oxidation sites excluding steroid dienone is 1. The number of nitrogens with one attached hydrogen (secondary N) is 2. The molecule has 0 aliphatic rings. The monoisotopic (exact) mass is 433 g/mol. The standard InChI is InChI=1S/C19H18F2N2.C8H11N/c1-3-12-6-9-17(22)19(15(12)4-2)18(23)10-7-13-5-8-14(20)11-16(13)21;1-9-7-8-5-3-2-4-6-8/h3,5-11,23H,1,4,22H2,2H3;2-6,9H,7H2,1H3/b10-7+,23-18?;. The first-order valence-electron chi connectivity index (χ1n) is 10.4. The Morgan fingerprint density at radius 1 is 1.06 bits per heavy atom. The minimum atomic E-state index is -0.669. The fraction of sp³-hybridized carbons (Fsp3) is 0.148. The van der Waals surface area contributed by atoms with Crippen molar-refractivity contribution in [1.29, 1.82) is 5.41 Å². The molecule has 0 heterocycles. The van der Waals surface area contributed by atoms with Crippen molar-refractivity contribution in [3.63, 3.8) is 0 Å². The van der Waals surface area contributed by atoms with Gasteiger partial charge in [0.2, 0.25) is 0 Å². The molecule has 0 amide bonds. The number of hydrogen-bond acceptors (Lipinski definition) is 3. The van der Waals surface area contributed by atoms with Crippen molar-refractivity contribution in [2.75, 3.05) is 12.8 Å². The minimum absolute atomic E-state index is 0.173. The lowest BCUT2D eigenvalue weighted by molar-refractivity contribution is 0.581. The van der Waals surface area contributed by atoms with Crippen LogP contribution in [0.4, 0.5) is 14.5 Å². The summed E-state index contributed by atoms with van der Waals surface area (Å²) in [6, 6.07) is 17.3. The average molecular weight is 434 g/mol. The molecule has 0 saturated carbocycles. The van der Waals surface area contributed by atoms with E-state index in [1.165, 1.54) is 29.8 Å².